The number of hydrogen-bond donors (Lipinski definition) is 1. The van der Waals surface area contributed by atoms with E-state index in [4.69, 9.17) is 28.9 Å². The van der Waals surface area contributed by atoms with Crippen LogP contribution in [0.3, 0.4) is 0 Å². The van der Waals surface area contributed by atoms with Gasteiger partial charge in [0.25, 0.3) is 0 Å². The fraction of sp³-hybridized carbons (Fsp3) is 0.200. The minimum atomic E-state index is 0.0876. The first kappa shape index (κ1) is 13.4. The Labute approximate surface area is 118 Å². The molecule has 2 aromatic rings. The molecule has 94 valence electrons. The zero-order chi connectivity index (χ0) is 13.0. The normalized spacial score (nSPS) is 12.4. The first-order chi connectivity index (χ1) is 8.63. The molecule has 0 aliphatic carbocycles. The maximum Gasteiger partial charge on any atom is 0.0408 e. The lowest BCUT2D eigenvalue weighted by molar-refractivity contribution is 0.665. The summed E-state index contributed by atoms with van der Waals surface area (Å²) in [5.41, 5.74) is 8.52. The summed E-state index contributed by atoms with van der Waals surface area (Å²) in [5, 5.41) is 1.51. The van der Waals surface area contributed by atoms with E-state index in [1.807, 2.05) is 48.5 Å². The van der Waals surface area contributed by atoms with E-state index in [1.54, 1.807) is 0 Å². The molecule has 2 N–H and O–H groups in total. The molecule has 0 amide bonds. The van der Waals surface area contributed by atoms with Gasteiger partial charge in [0.15, 0.2) is 0 Å². The molecule has 2 rings (SSSR count). The number of hydrogen-bond acceptors (Lipinski definition) is 1. The average molecular weight is 280 g/mol. The van der Waals surface area contributed by atoms with E-state index in [0.717, 1.165) is 22.9 Å². The summed E-state index contributed by atoms with van der Waals surface area (Å²) in [7, 11) is 0. The van der Waals surface area contributed by atoms with Crippen molar-refractivity contribution in [1.29, 1.82) is 0 Å². The Kier molecular flexibility index (Phi) is 4.65. The number of halogens is 2. The molecule has 1 atom stereocenters. The third-order valence-electron chi connectivity index (χ3n) is 2.80. The van der Waals surface area contributed by atoms with E-state index >= 15 is 0 Å². The highest BCUT2D eigenvalue weighted by atomic mass is 35.5. The molecule has 0 aliphatic rings. The van der Waals surface area contributed by atoms with Crippen LogP contribution < -0.4 is 5.73 Å². The van der Waals surface area contributed by atoms with Gasteiger partial charge in [0.05, 0.1) is 0 Å². The summed E-state index contributed by atoms with van der Waals surface area (Å²) in [6.07, 6.45) is 1.66. The van der Waals surface area contributed by atoms with E-state index in [1.165, 1.54) is 11.1 Å². The Bertz CT molecular complexity index is 508. The molecule has 0 fully saturated rings. The largest absolute Gasteiger partial charge is 0.327 e. The van der Waals surface area contributed by atoms with Crippen LogP contribution in [0.5, 0.6) is 0 Å². The predicted octanol–water partition coefficient (Wildman–Crippen LogP) is 4.11. The lowest BCUT2D eigenvalue weighted by atomic mass is 10.00. The van der Waals surface area contributed by atoms with Gasteiger partial charge in [-0.3, -0.25) is 0 Å². The molecule has 1 unspecified atom stereocenters. The molecule has 0 radical (unpaired) electrons. The molecule has 0 heterocycles. The van der Waals surface area contributed by atoms with Gasteiger partial charge in [-0.15, -0.1) is 0 Å². The lowest BCUT2D eigenvalue weighted by Crippen LogP contribution is -2.25. The molecule has 0 saturated carbocycles. The first-order valence-electron chi connectivity index (χ1n) is 5.88. The van der Waals surface area contributed by atoms with Crippen molar-refractivity contribution in [2.75, 3.05) is 0 Å². The molecule has 18 heavy (non-hydrogen) atoms. The Morgan fingerprint density at radius 3 is 2.17 bits per heavy atom. The smallest absolute Gasteiger partial charge is 0.0408 e. The van der Waals surface area contributed by atoms with E-state index in [-0.39, 0.29) is 6.04 Å². The SMILES string of the molecule is NC(Cc1ccc(Cl)cc1)Cc1cccc(Cl)c1. The average Bonchev–Trinajstić information content (AvgIpc) is 2.32. The van der Waals surface area contributed by atoms with Crippen LogP contribution in [0.2, 0.25) is 10.0 Å². The van der Waals surface area contributed by atoms with Crippen LogP contribution in [-0.2, 0) is 12.8 Å². The van der Waals surface area contributed by atoms with Crippen molar-refractivity contribution in [3.05, 3.63) is 69.7 Å². The Morgan fingerprint density at radius 2 is 1.50 bits per heavy atom. The number of rotatable bonds is 4. The third kappa shape index (κ3) is 4.02. The minimum absolute atomic E-state index is 0.0876. The third-order valence-corrected chi connectivity index (χ3v) is 3.29. The quantitative estimate of drug-likeness (QED) is 0.896. The second kappa shape index (κ2) is 6.24. The lowest BCUT2D eigenvalue weighted by Gasteiger charge is -2.12. The van der Waals surface area contributed by atoms with Gasteiger partial charge < -0.3 is 5.73 Å². The monoisotopic (exact) mass is 279 g/mol. The van der Waals surface area contributed by atoms with Crippen molar-refractivity contribution in [1.82, 2.24) is 0 Å². The van der Waals surface area contributed by atoms with Crippen LogP contribution >= 0.6 is 23.2 Å². The van der Waals surface area contributed by atoms with Crippen molar-refractivity contribution in [2.24, 2.45) is 5.73 Å². The molecule has 3 heteroatoms. The molecule has 0 bridgehead atoms. The molecular formula is C15H15Cl2N. The fourth-order valence-corrected chi connectivity index (χ4v) is 2.30. The van der Waals surface area contributed by atoms with E-state index in [0.29, 0.717) is 0 Å². The number of nitrogens with two attached hydrogens (primary N) is 1. The summed E-state index contributed by atoms with van der Waals surface area (Å²) < 4.78 is 0. The van der Waals surface area contributed by atoms with Crippen molar-refractivity contribution < 1.29 is 0 Å². The van der Waals surface area contributed by atoms with E-state index < -0.39 is 0 Å². The predicted molar refractivity (Wildman–Crippen MR) is 78.3 cm³/mol. The Morgan fingerprint density at radius 1 is 0.833 bits per heavy atom. The molecule has 0 spiro atoms. The molecular weight excluding hydrogens is 265 g/mol. The Balaban J connectivity index is 1.96. The fourth-order valence-electron chi connectivity index (χ4n) is 1.96. The van der Waals surface area contributed by atoms with Gasteiger partial charge in [-0.2, -0.15) is 0 Å². The van der Waals surface area contributed by atoms with Crippen LogP contribution in [0, 0.1) is 0 Å². The van der Waals surface area contributed by atoms with Crippen LogP contribution in [0.25, 0.3) is 0 Å². The van der Waals surface area contributed by atoms with Gasteiger partial charge in [-0.25, -0.2) is 0 Å². The highest BCUT2D eigenvalue weighted by Crippen LogP contribution is 2.14. The summed E-state index contributed by atoms with van der Waals surface area (Å²) in [6, 6.07) is 15.7. The zero-order valence-corrected chi connectivity index (χ0v) is 11.5. The maximum atomic E-state index is 6.15. The molecule has 0 aromatic heterocycles. The second-order valence-corrected chi connectivity index (χ2v) is 5.30. The van der Waals surface area contributed by atoms with Gasteiger partial charge in [0.1, 0.15) is 0 Å². The first-order valence-corrected chi connectivity index (χ1v) is 6.63. The van der Waals surface area contributed by atoms with Crippen LogP contribution in [0.4, 0.5) is 0 Å². The van der Waals surface area contributed by atoms with Gasteiger partial charge in [0.2, 0.25) is 0 Å². The second-order valence-electron chi connectivity index (χ2n) is 4.42. The zero-order valence-electron chi connectivity index (χ0n) is 9.94. The van der Waals surface area contributed by atoms with Crippen LogP contribution in [0.15, 0.2) is 48.5 Å². The Hall–Kier alpha value is -1.02. The molecule has 2 aromatic carbocycles. The van der Waals surface area contributed by atoms with Gasteiger partial charge in [0, 0.05) is 16.1 Å². The number of benzene rings is 2. The van der Waals surface area contributed by atoms with Gasteiger partial charge in [-0.05, 0) is 48.2 Å². The van der Waals surface area contributed by atoms with Crippen molar-refractivity contribution in [3.8, 4) is 0 Å². The van der Waals surface area contributed by atoms with Gasteiger partial charge in [-0.1, -0.05) is 47.5 Å². The van der Waals surface area contributed by atoms with E-state index in [9.17, 15) is 0 Å². The highest BCUT2D eigenvalue weighted by Gasteiger charge is 2.06. The van der Waals surface area contributed by atoms with Crippen LogP contribution in [0.1, 0.15) is 11.1 Å². The molecule has 0 saturated heterocycles. The molecule has 0 aliphatic heterocycles. The van der Waals surface area contributed by atoms with Crippen molar-refractivity contribution >= 4 is 23.2 Å². The maximum absolute atomic E-state index is 6.15. The summed E-state index contributed by atoms with van der Waals surface area (Å²) in [5.74, 6) is 0. The van der Waals surface area contributed by atoms with Gasteiger partial charge >= 0.3 is 0 Å². The van der Waals surface area contributed by atoms with Crippen molar-refractivity contribution in [3.63, 3.8) is 0 Å². The van der Waals surface area contributed by atoms with E-state index in [2.05, 4.69) is 0 Å². The molecule has 1 nitrogen and oxygen atoms in total. The standard InChI is InChI=1S/C15H15Cl2N/c16-13-6-4-11(5-7-13)9-15(18)10-12-2-1-3-14(17)8-12/h1-8,15H,9-10,18H2. The summed E-state index contributed by atoms with van der Waals surface area (Å²) >= 11 is 11.8. The van der Waals surface area contributed by atoms with Crippen molar-refractivity contribution in [2.45, 2.75) is 18.9 Å². The summed E-state index contributed by atoms with van der Waals surface area (Å²) in [6.45, 7) is 0. The topological polar surface area (TPSA) is 26.0 Å². The van der Waals surface area contributed by atoms with Crippen LogP contribution in [-0.4, -0.2) is 6.04 Å². The highest BCUT2D eigenvalue weighted by molar-refractivity contribution is 6.30. The minimum Gasteiger partial charge on any atom is -0.327 e. The summed E-state index contributed by atoms with van der Waals surface area (Å²) in [4.78, 5) is 0.